The van der Waals surface area contributed by atoms with Crippen molar-refractivity contribution in [1.82, 2.24) is 4.90 Å². The number of rotatable bonds is 6. The predicted molar refractivity (Wildman–Crippen MR) is 124 cm³/mol. The molecule has 3 heteroatoms. The number of benzene rings is 3. The minimum Gasteiger partial charge on any atom is -0.497 e. The summed E-state index contributed by atoms with van der Waals surface area (Å²) in [5.41, 5.74) is 4.31. The van der Waals surface area contributed by atoms with Crippen molar-refractivity contribution in [1.29, 1.82) is 0 Å². The van der Waals surface area contributed by atoms with E-state index >= 15 is 0 Å². The number of nitrogens with zero attached hydrogens (tertiary/aromatic N) is 1. The topological polar surface area (TPSA) is 32.7 Å². The highest BCUT2D eigenvalue weighted by Gasteiger charge is 2.53. The van der Waals surface area contributed by atoms with Crippen molar-refractivity contribution in [3.05, 3.63) is 101 Å². The van der Waals surface area contributed by atoms with Crippen LogP contribution >= 0.6 is 0 Å². The van der Waals surface area contributed by atoms with Crippen molar-refractivity contribution < 1.29 is 9.84 Å². The highest BCUT2D eigenvalue weighted by molar-refractivity contribution is 5.46. The van der Waals surface area contributed by atoms with Gasteiger partial charge in [-0.25, -0.2) is 0 Å². The molecule has 160 valence electrons. The van der Waals surface area contributed by atoms with E-state index in [4.69, 9.17) is 4.74 Å². The fraction of sp³-hybridized carbons (Fsp3) is 0.357. The molecule has 3 aromatic carbocycles. The molecule has 0 unspecified atom stereocenters. The molecular weight excluding hydrogens is 382 g/mol. The molecule has 0 spiro atoms. The van der Waals surface area contributed by atoms with Crippen LogP contribution in [0.5, 0.6) is 5.75 Å². The summed E-state index contributed by atoms with van der Waals surface area (Å²) in [5, 5.41) is 12.0. The summed E-state index contributed by atoms with van der Waals surface area (Å²) >= 11 is 0. The largest absolute Gasteiger partial charge is 0.497 e. The second kappa shape index (κ2) is 8.14. The van der Waals surface area contributed by atoms with Gasteiger partial charge in [0.2, 0.25) is 0 Å². The molecule has 0 heterocycles. The zero-order valence-electron chi connectivity index (χ0n) is 18.4. The lowest BCUT2D eigenvalue weighted by atomic mass is 9.54. The van der Waals surface area contributed by atoms with Gasteiger partial charge < -0.3 is 14.7 Å². The zero-order chi connectivity index (χ0) is 21.4. The number of methoxy groups -OCH3 is 1. The fourth-order valence-electron chi connectivity index (χ4n) is 5.98. The van der Waals surface area contributed by atoms with Gasteiger partial charge in [0, 0.05) is 19.0 Å². The van der Waals surface area contributed by atoms with Gasteiger partial charge in [0.15, 0.2) is 0 Å². The lowest BCUT2D eigenvalue weighted by Gasteiger charge is -2.54. The molecule has 4 atom stereocenters. The Morgan fingerprint density at radius 3 is 2.32 bits per heavy atom. The van der Waals surface area contributed by atoms with E-state index in [1.54, 1.807) is 7.11 Å². The number of fused-ring (bicyclic) bond motifs is 2. The first-order valence-electron chi connectivity index (χ1n) is 11.3. The van der Waals surface area contributed by atoms with E-state index in [1.807, 2.05) is 24.3 Å². The van der Waals surface area contributed by atoms with Crippen LogP contribution in [0.1, 0.15) is 46.9 Å². The molecule has 1 N–H and O–H groups in total. The molecule has 0 aliphatic heterocycles. The lowest BCUT2D eigenvalue weighted by molar-refractivity contribution is -0.0600. The quantitative estimate of drug-likeness (QED) is 0.595. The summed E-state index contributed by atoms with van der Waals surface area (Å²) in [7, 11) is 3.90. The molecule has 0 aromatic heterocycles. The molecule has 3 nitrogen and oxygen atoms in total. The minimum atomic E-state index is -0.820. The molecule has 3 aliphatic carbocycles. The van der Waals surface area contributed by atoms with E-state index in [1.165, 1.54) is 16.7 Å². The number of hydrogen-bond donors (Lipinski definition) is 1. The number of aliphatic hydroxyl groups is 1. The minimum absolute atomic E-state index is 0.122. The first-order valence-corrected chi connectivity index (χ1v) is 11.3. The zero-order valence-corrected chi connectivity index (χ0v) is 18.4. The molecule has 3 aliphatic rings. The average molecular weight is 414 g/mol. The highest BCUT2D eigenvalue weighted by Crippen LogP contribution is 2.60. The second-order valence-electron chi connectivity index (χ2n) is 9.32. The van der Waals surface area contributed by atoms with Gasteiger partial charge in [0.25, 0.3) is 0 Å². The molecule has 1 fully saturated rings. The van der Waals surface area contributed by atoms with Gasteiger partial charge in [-0.2, -0.15) is 0 Å². The Balaban J connectivity index is 1.42. The average Bonchev–Trinajstić information content (AvgIpc) is 2.81. The SMILES string of the molecule is COc1ccc([C@]2(O)C[C@H]3c4ccccc4[C@@H]2C[C@H]3CN(C)Cc2ccccc2)cc1. The summed E-state index contributed by atoms with van der Waals surface area (Å²) in [6.45, 7) is 2.00. The summed E-state index contributed by atoms with van der Waals surface area (Å²) in [6.07, 6.45) is 1.80. The van der Waals surface area contributed by atoms with Gasteiger partial charge in [-0.1, -0.05) is 66.7 Å². The van der Waals surface area contributed by atoms with E-state index in [0.717, 1.165) is 37.2 Å². The van der Waals surface area contributed by atoms with E-state index in [9.17, 15) is 5.11 Å². The van der Waals surface area contributed by atoms with Crippen molar-refractivity contribution in [2.45, 2.75) is 36.8 Å². The number of hydrogen-bond acceptors (Lipinski definition) is 3. The standard InChI is InChI=1S/C28H31NO2/c1-29(18-20-8-4-3-5-9-20)19-21-16-27-25-11-7-6-10-24(25)26(21)17-28(27,30)22-12-14-23(31-2)15-13-22/h3-15,21,26-27,30H,16-19H2,1-2H3/t21-,26+,27-,28+/m0/s1. The van der Waals surface area contributed by atoms with Crippen molar-refractivity contribution in [3.63, 3.8) is 0 Å². The molecular formula is C28H31NO2. The lowest BCUT2D eigenvalue weighted by Crippen LogP contribution is -2.49. The van der Waals surface area contributed by atoms with Gasteiger partial charge in [-0.15, -0.1) is 0 Å². The predicted octanol–water partition coefficient (Wildman–Crippen LogP) is 5.31. The van der Waals surface area contributed by atoms with Crippen LogP contribution in [0, 0.1) is 5.92 Å². The highest BCUT2D eigenvalue weighted by atomic mass is 16.5. The molecule has 2 bridgehead atoms. The Morgan fingerprint density at radius 1 is 0.935 bits per heavy atom. The molecule has 31 heavy (non-hydrogen) atoms. The molecule has 1 saturated carbocycles. The van der Waals surface area contributed by atoms with Crippen LogP contribution in [0.4, 0.5) is 0 Å². The monoisotopic (exact) mass is 413 g/mol. The molecule has 6 rings (SSSR count). The number of ether oxygens (including phenoxy) is 1. The maximum absolute atomic E-state index is 12.0. The third kappa shape index (κ3) is 3.66. The third-order valence-corrected chi connectivity index (χ3v) is 7.42. The van der Waals surface area contributed by atoms with Crippen LogP contribution in [-0.2, 0) is 12.1 Å². The van der Waals surface area contributed by atoms with Crippen LogP contribution in [0.2, 0.25) is 0 Å². The Kier molecular flexibility index (Phi) is 5.33. The van der Waals surface area contributed by atoms with Gasteiger partial charge in [-0.05, 0) is 66.1 Å². The van der Waals surface area contributed by atoms with Crippen LogP contribution in [0.3, 0.4) is 0 Å². The van der Waals surface area contributed by atoms with Crippen LogP contribution in [0.25, 0.3) is 0 Å². The van der Waals surface area contributed by atoms with Crippen molar-refractivity contribution in [2.75, 3.05) is 20.7 Å². The summed E-state index contributed by atoms with van der Waals surface area (Å²) < 4.78 is 5.33. The van der Waals surface area contributed by atoms with E-state index < -0.39 is 5.60 Å². The molecule has 3 aromatic rings. The molecule has 0 amide bonds. The third-order valence-electron chi connectivity index (χ3n) is 7.42. The summed E-state index contributed by atoms with van der Waals surface area (Å²) in [5.74, 6) is 1.87. The smallest absolute Gasteiger partial charge is 0.118 e. The maximum Gasteiger partial charge on any atom is 0.118 e. The van der Waals surface area contributed by atoms with Crippen LogP contribution < -0.4 is 4.74 Å². The normalized spacial score (nSPS) is 26.6. The fourth-order valence-corrected chi connectivity index (χ4v) is 5.98. The van der Waals surface area contributed by atoms with Crippen molar-refractivity contribution in [3.8, 4) is 5.75 Å². The van der Waals surface area contributed by atoms with Gasteiger partial charge in [0.1, 0.15) is 5.75 Å². The first-order chi connectivity index (χ1) is 15.1. The Labute approximate surface area is 185 Å². The van der Waals surface area contributed by atoms with E-state index in [2.05, 4.69) is 66.5 Å². The Morgan fingerprint density at radius 2 is 1.61 bits per heavy atom. The van der Waals surface area contributed by atoms with E-state index in [0.29, 0.717) is 11.8 Å². The van der Waals surface area contributed by atoms with Gasteiger partial charge in [0.05, 0.1) is 12.7 Å². The summed E-state index contributed by atoms with van der Waals surface area (Å²) in [6, 6.07) is 27.5. The van der Waals surface area contributed by atoms with Gasteiger partial charge in [-0.3, -0.25) is 0 Å². The van der Waals surface area contributed by atoms with Crippen molar-refractivity contribution in [2.24, 2.45) is 5.92 Å². The van der Waals surface area contributed by atoms with Crippen LogP contribution in [0.15, 0.2) is 78.9 Å². The second-order valence-corrected chi connectivity index (χ2v) is 9.32. The van der Waals surface area contributed by atoms with Crippen molar-refractivity contribution >= 4 is 0 Å². The van der Waals surface area contributed by atoms with Gasteiger partial charge >= 0.3 is 0 Å². The Bertz CT molecular complexity index is 1030. The van der Waals surface area contributed by atoms with E-state index in [-0.39, 0.29) is 5.92 Å². The Hall–Kier alpha value is -2.62. The summed E-state index contributed by atoms with van der Waals surface area (Å²) in [4.78, 5) is 2.44. The van der Waals surface area contributed by atoms with Crippen LogP contribution in [-0.4, -0.2) is 30.7 Å². The molecule has 0 radical (unpaired) electrons. The first kappa shape index (κ1) is 20.3. The maximum atomic E-state index is 12.0. The molecule has 0 saturated heterocycles.